The Morgan fingerprint density at radius 2 is 1.96 bits per heavy atom. The van der Waals surface area contributed by atoms with E-state index in [0.717, 1.165) is 5.56 Å². The van der Waals surface area contributed by atoms with Gasteiger partial charge in [0.2, 0.25) is 0 Å². The number of hydrogen-bond acceptors (Lipinski definition) is 4. The molecule has 2 atom stereocenters. The maximum absolute atomic E-state index is 12.2. The van der Waals surface area contributed by atoms with Gasteiger partial charge >= 0.3 is 6.03 Å². The molecule has 23 heavy (non-hydrogen) atoms. The Kier molecular flexibility index (Phi) is 4.38. The third kappa shape index (κ3) is 3.92. The van der Waals surface area contributed by atoms with Crippen molar-refractivity contribution in [2.45, 2.75) is 18.5 Å². The van der Waals surface area contributed by atoms with Crippen LogP contribution in [0, 0.1) is 0 Å². The first-order valence-corrected chi connectivity index (χ1v) is 9.21. The summed E-state index contributed by atoms with van der Waals surface area (Å²) < 4.78 is 28.3. The first kappa shape index (κ1) is 15.6. The predicted octanol–water partition coefficient (Wildman–Crippen LogP) is 1.86. The van der Waals surface area contributed by atoms with Crippen molar-refractivity contribution < 1.29 is 17.6 Å². The number of amides is 2. The summed E-state index contributed by atoms with van der Waals surface area (Å²) in [6.45, 7) is 0. The molecular formula is C16H18N2O4S. The molecule has 6 nitrogen and oxygen atoms in total. The molecule has 7 heteroatoms. The van der Waals surface area contributed by atoms with E-state index in [9.17, 15) is 13.2 Å². The van der Waals surface area contributed by atoms with Gasteiger partial charge in [0.05, 0.1) is 17.8 Å². The smallest absolute Gasteiger partial charge is 0.315 e. The summed E-state index contributed by atoms with van der Waals surface area (Å²) in [7, 11) is -3.03. The number of sulfone groups is 1. The molecule has 3 rings (SSSR count). The maximum Gasteiger partial charge on any atom is 0.315 e. The molecule has 0 unspecified atom stereocenters. The molecule has 0 radical (unpaired) electrons. The molecule has 2 N–H and O–H groups in total. The fraction of sp³-hybridized carbons (Fsp3) is 0.312. The van der Waals surface area contributed by atoms with Gasteiger partial charge < -0.3 is 15.1 Å². The predicted molar refractivity (Wildman–Crippen MR) is 85.7 cm³/mol. The molecule has 2 heterocycles. The van der Waals surface area contributed by atoms with Gasteiger partial charge in [-0.3, -0.25) is 0 Å². The molecule has 0 spiro atoms. The second-order valence-electron chi connectivity index (χ2n) is 5.58. The Morgan fingerprint density at radius 3 is 2.57 bits per heavy atom. The van der Waals surface area contributed by atoms with Gasteiger partial charge in [-0.05, 0) is 24.1 Å². The highest BCUT2D eigenvalue weighted by Crippen LogP contribution is 2.22. The van der Waals surface area contributed by atoms with Gasteiger partial charge in [0.25, 0.3) is 0 Å². The van der Waals surface area contributed by atoms with Crippen molar-refractivity contribution >= 4 is 15.9 Å². The minimum atomic E-state index is -3.03. The lowest BCUT2D eigenvalue weighted by molar-refractivity contribution is 0.234. The summed E-state index contributed by atoms with van der Waals surface area (Å²) in [5.74, 6) is 0.737. The largest absolute Gasteiger partial charge is 0.467 e. The van der Waals surface area contributed by atoms with E-state index in [1.165, 1.54) is 0 Å². The van der Waals surface area contributed by atoms with E-state index in [1.807, 2.05) is 30.3 Å². The van der Waals surface area contributed by atoms with Gasteiger partial charge in [0, 0.05) is 6.04 Å². The van der Waals surface area contributed by atoms with Crippen LogP contribution in [-0.2, 0) is 9.84 Å². The summed E-state index contributed by atoms with van der Waals surface area (Å²) in [6.07, 6.45) is 2.00. The highest BCUT2D eigenvalue weighted by molar-refractivity contribution is 7.91. The average Bonchev–Trinajstić information content (AvgIpc) is 3.15. The summed E-state index contributed by atoms with van der Waals surface area (Å²) in [4.78, 5) is 12.2. The van der Waals surface area contributed by atoms with Crippen molar-refractivity contribution in [3.8, 4) is 0 Å². The second kappa shape index (κ2) is 6.45. The molecular weight excluding hydrogens is 316 g/mol. The zero-order valence-corrected chi connectivity index (χ0v) is 13.3. The van der Waals surface area contributed by atoms with E-state index in [0.29, 0.717) is 12.2 Å². The van der Waals surface area contributed by atoms with Crippen molar-refractivity contribution in [3.63, 3.8) is 0 Å². The number of nitrogens with one attached hydrogen (secondary N) is 2. The SMILES string of the molecule is O=C(N[C@H]1CCS(=O)(=O)C1)N[C@H](c1ccccc1)c1ccco1. The van der Waals surface area contributed by atoms with Crippen LogP contribution in [0.4, 0.5) is 4.79 Å². The normalized spacial score (nSPS) is 20.8. The molecule has 1 aliphatic rings. The molecule has 122 valence electrons. The molecule has 1 aromatic carbocycles. The molecule has 1 saturated heterocycles. The summed E-state index contributed by atoms with van der Waals surface area (Å²) >= 11 is 0. The molecule has 1 fully saturated rings. The summed E-state index contributed by atoms with van der Waals surface area (Å²) in [6, 6.07) is 11.8. The van der Waals surface area contributed by atoms with E-state index >= 15 is 0 Å². The fourth-order valence-corrected chi connectivity index (χ4v) is 4.36. The Hall–Kier alpha value is -2.28. The highest BCUT2D eigenvalue weighted by atomic mass is 32.2. The Morgan fingerprint density at radius 1 is 1.17 bits per heavy atom. The topological polar surface area (TPSA) is 88.4 Å². The van der Waals surface area contributed by atoms with Crippen LogP contribution in [0.15, 0.2) is 53.1 Å². The quantitative estimate of drug-likeness (QED) is 0.893. The molecule has 1 aromatic heterocycles. The van der Waals surface area contributed by atoms with Crippen LogP contribution in [0.25, 0.3) is 0 Å². The second-order valence-corrected chi connectivity index (χ2v) is 7.81. The monoisotopic (exact) mass is 334 g/mol. The number of carbonyl (C=O) groups is 1. The van der Waals surface area contributed by atoms with Crippen LogP contribution in [0.5, 0.6) is 0 Å². The first-order valence-electron chi connectivity index (χ1n) is 7.39. The average molecular weight is 334 g/mol. The molecule has 2 aromatic rings. The van der Waals surface area contributed by atoms with E-state index in [-0.39, 0.29) is 17.5 Å². The van der Waals surface area contributed by atoms with Gasteiger partial charge in [0.1, 0.15) is 11.8 Å². The van der Waals surface area contributed by atoms with Gasteiger partial charge in [-0.25, -0.2) is 13.2 Å². The highest BCUT2D eigenvalue weighted by Gasteiger charge is 2.29. The van der Waals surface area contributed by atoms with Crippen molar-refractivity contribution in [2.24, 2.45) is 0 Å². The third-order valence-corrected chi connectivity index (χ3v) is 5.57. The molecule has 1 aliphatic heterocycles. The van der Waals surface area contributed by atoms with Crippen LogP contribution in [-0.4, -0.2) is 32.0 Å². The number of rotatable bonds is 4. The van der Waals surface area contributed by atoms with Crippen LogP contribution in [0.2, 0.25) is 0 Å². The fourth-order valence-electron chi connectivity index (χ4n) is 2.69. The van der Waals surface area contributed by atoms with Crippen molar-refractivity contribution in [3.05, 3.63) is 60.1 Å². The first-order chi connectivity index (χ1) is 11.0. The zero-order chi connectivity index (χ0) is 16.3. The number of hydrogen-bond donors (Lipinski definition) is 2. The lowest BCUT2D eigenvalue weighted by atomic mass is 10.0. The van der Waals surface area contributed by atoms with Gasteiger partial charge in [0.15, 0.2) is 9.84 Å². The van der Waals surface area contributed by atoms with Crippen LogP contribution < -0.4 is 10.6 Å². The number of carbonyl (C=O) groups excluding carboxylic acids is 1. The van der Waals surface area contributed by atoms with E-state index in [1.54, 1.807) is 18.4 Å². The third-order valence-electron chi connectivity index (χ3n) is 3.80. The minimum Gasteiger partial charge on any atom is -0.467 e. The Bertz CT molecular complexity index is 757. The number of furan rings is 1. The van der Waals surface area contributed by atoms with E-state index in [4.69, 9.17) is 4.42 Å². The number of benzene rings is 1. The van der Waals surface area contributed by atoms with Crippen LogP contribution in [0.1, 0.15) is 23.8 Å². The Labute approximate surface area is 134 Å². The van der Waals surface area contributed by atoms with Gasteiger partial charge in [-0.1, -0.05) is 30.3 Å². The maximum atomic E-state index is 12.2. The van der Waals surface area contributed by atoms with Crippen LogP contribution in [0.3, 0.4) is 0 Å². The molecule has 0 saturated carbocycles. The lowest BCUT2D eigenvalue weighted by Gasteiger charge is -2.19. The Balaban J connectivity index is 1.71. The van der Waals surface area contributed by atoms with Crippen molar-refractivity contribution in [2.75, 3.05) is 11.5 Å². The van der Waals surface area contributed by atoms with E-state index in [2.05, 4.69) is 10.6 Å². The molecule has 0 aliphatic carbocycles. The summed E-state index contributed by atoms with van der Waals surface area (Å²) in [5, 5.41) is 5.58. The summed E-state index contributed by atoms with van der Waals surface area (Å²) in [5.41, 5.74) is 0.886. The lowest BCUT2D eigenvalue weighted by Crippen LogP contribution is -2.44. The van der Waals surface area contributed by atoms with Crippen molar-refractivity contribution in [1.82, 2.24) is 10.6 Å². The zero-order valence-electron chi connectivity index (χ0n) is 12.4. The van der Waals surface area contributed by atoms with Crippen molar-refractivity contribution in [1.29, 1.82) is 0 Å². The number of urea groups is 1. The minimum absolute atomic E-state index is 0.00280. The van der Waals surface area contributed by atoms with Crippen LogP contribution >= 0.6 is 0 Å². The standard InChI is InChI=1S/C16H18N2O4S/c19-16(17-13-8-10-23(20,21)11-13)18-15(14-7-4-9-22-14)12-5-2-1-3-6-12/h1-7,9,13,15H,8,10-11H2,(H2,17,18,19)/t13-,15+/m0/s1. The van der Waals surface area contributed by atoms with Gasteiger partial charge in [-0.15, -0.1) is 0 Å². The molecule has 2 amide bonds. The molecule has 0 bridgehead atoms. The van der Waals surface area contributed by atoms with E-state index < -0.39 is 21.9 Å². The van der Waals surface area contributed by atoms with Gasteiger partial charge in [-0.2, -0.15) is 0 Å².